The molecule has 17 heavy (non-hydrogen) atoms. The normalized spacial score (nSPS) is 10.2. The Labute approximate surface area is 101 Å². The molecule has 0 aromatic carbocycles. The molecular weight excluding hydrogens is 220 g/mol. The molecular formula is C12H18N2O3. The van der Waals surface area contributed by atoms with E-state index in [2.05, 4.69) is 17.1 Å². The molecule has 0 radical (unpaired) electrons. The smallest absolute Gasteiger partial charge is 0.356 e. The van der Waals surface area contributed by atoms with Crippen molar-refractivity contribution in [2.24, 2.45) is 0 Å². The van der Waals surface area contributed by atoms with Gasteiger partial charge in [-0.3, -0.25) is 0 Å². The number of aromatic nitrogens is 2. The van der Waals surface area contributed by atoms with E-state index in [0.717, 1.165) is 12.8 Å². The van der Waals surface area contributed by atoms with Gasteiger partial charge in [-0.2, -0.15) is 0 Å². The van der Waals surface area contributed by atoms with Crippen molar-refractivity contribution in [3.05, 3.63) is 17.8 Å². The van der Waals surface area contributed by atoms with E-state index in [-0.39, 0.29) is 5.69 Å². The molecule has 1 aromatic heterocycles. The van der Waals surface area contributed by atoms with Gasteiger partial charge >= 0.3 is 5.97 Å². The maximum atomic E-state index is 10.5. The summed E-state index contributed by atoms with van der Waals surface area (Å²) in [7, 11) is 0. The number of nitrogens with zero attached hydrogens (tertiary/aromatic N) is 2. The second-order valence-corrected chi connectivity index (χ2v) is 3.82. The Morgan fingerprint density at radius 3 is 2.59 bits per heavy atom. The zero-order valence-electron chi connectivity index (χ0n) is 10.1. The van der Waals surface area contributed by atoms with Crippen LogP contribution in [0.4, 0.5) is 0 Å². The van der Waals surface area contributed by atoms with E-state index >= 15 is 0 Å². The molecule has 5 heteroatoms. The van der Waals surface area contributed by atoms with Crippen LogP contribution in [0.15, 0.2) is 12.1 Å². The predicted molar refractivity (Wildman–Crippen MR) is 63.2 cm³/mol. The van der Waals surface area contributed by atoms with Crippen LogP contribution in [-0.4, -0.2) is 27.9 Å². The molecule has 5 nitrogen and oxygen atoms in total. The van der Waals surface area contributed by atoms with E-state index in [1.807, 2.05) is 0 Å². The lowest BCUT2D eigenvalue weighted by Gasteiger charge is -2.04. The van der Waals surface area contributed by atoms with Crippen molar-refractivity contribution in [1.82, 2.24) is 10.2 Å². The highest BCUT2D eigenvalue weighted by molar-refractivity contribution is 5.84. The van der Waals surface area contributed by atoms with Gasteiger partial charge in [0.2, 0.25) is 5.88 Å². The van der Waals surface area contributed by atoms with Crippen LogP contribution < -0.4 is 4.74 Å². The molecule has 0 unspecified atom stereocenters. The summed E-state index contributed by atoms with van der Waals surface area (Å²) in [5, 5.41) is 15.8. The number of carbonyl (C=O) groups is 1. The Kier molecular flexibility index (Phi) is 5.99. The van der Waals surface area contributed by atoms with Crippen molar-refractivity contribution < 1.29 is 14.6 Å². The molecule has 0 aliphatic carbocycles. The molecule has 0 saturated heterocycles. The van der Waals surface area contributed by atoms with Gasteiger partial charge in [0.05, 0.1) is 6.61 Å². The average Bonchev–Trinajstić information content (AvgIpc) is 2.34. The fourth-order valence-corrected chi connectivity index (χ4v) is 1.39. The minimum absolute atomic E-state index is 0.0692. The summed E-state index contributed by atoms with van der Waals surface area (Å²) in [6, 6.07) is 2.92. The Morgan fingerprint density at radius 2 is 2.00 bits per heavy atom. The highest BCUT2D eigenvalue weighted by atomic mass is 16.5. The molecule has 94 valence electrons. The Balaban J connectivity index is 2.21. The Bertz CT molecular complexity index is 338. The third-order valence-electron chi connectivity index (χ3n) is 2.36. The van der Waals surface area contributed by atoms with E-state index in [1.54, 1.807) is 0 Å². The van der Waals surface area contributed by atoms with Crippen LogP contribution in [0.1, 0.15) is 49.5 Å². The monoisotopic (exact) mass is 238 g/mol. The largest absolute Gasteiger partial charge is 0.477 e. The van der Waals surface area contributed by atoms with Crippen molar-refractivity contribution in [1.29, 1.82) is 0 Å². The molecule has 1 heterocycles. The number of carboxylic acid groups (broad SMARTS) is 1. The van der Waals surface area contributed by atoms with E-state index in [4.69, 9.17) is 9.84 Å². The summed E-state index contributed by atoms with van der Waals surface area (Å²) < 4.78 is 5.35. The van der Waals surface area contributed by atoms with E-state index < -0.39 is 5.97 Å². The van der Waals surface area contributed by atoms with Crippen LogP contribution in [0.5, 0.6) is 5.88 Å². The molecule has 0 saturated carbocycles. The van der Waals surface area contributed by atoms with Crippen molar-refractivity contribution in [2.75, 3.05) is 6.61 Å². The summed E-state index contributed by atoms with van der Waals surface area (Å²) in [6.45, 7) is 2.78. The van der Waals surface area contributed by atoms with Crippen molar-refractivity contribution in [2.45, 2.75) is 39.0 Å². The lowest BCUT2D eigenvalue weighted by molar-refractivity contribution is 0.0689. The topological polar surface area (TPSA) is 72.3 Å². The second kappa shape index (κ2) is 7.60. The van der Waals surface area contributed by atoms with Crippen LogP contribution in [0.2, 0.25) is 0 Å². The SMILES string of the molecule is CCCCCCCOc1ccc(C(=O)O)nn1. The van der Waals surface area contributed by atoms with Gasteiger partial charge in [0, 0.05) is 6.07 Å². The molecule has 0 bridgehead atoms. The first-order valence-corrected chi connectivity index (χ1v) is 5.94. The van der Waals surface area contributed by atoms with Gasteiger partial charge in [-0.15, -0.1) is 10.2 Å². The number of unbranched alkanes of at least 4 members (excludes halogenated alkanes) is 4. The summed E-state index contributed by atoms with van der Waals surface area (Å²) >= 11 is 0. The van der Waals surface area contributed by atoms with Crippen molar-refractivity contribution >= 4 is 5.97 Å². The zero-order valence-corrected chi connectivity index (χ0v) is 10.1. The number of rotatable bonds is 8. The van der Waals surface area contributed by atoms with E-state index in [1.165, 1.54) is 31.4 Å². The fraction of sp³-hybridized carbons (Fsp3) is 0.583. The third kappa shape index (κ3) is 5.29. The number of carboxylic acids is 1. The number of ether oxygens (including phenoxy) is 1. The van der Waals surface area contributed by atoms with Gasteiger partial charge in [0.15, 0.2) is 5.69 Å². The first-order valence-electron chi connectivity index (χ1n) is 5.94. The molecule has 1 rings (SSSR count). The van der Waals surface area contributed by atoms with Gasteiger partial charge < -0.3 is 9.84 Å². The average molecular weight is 238 g/mol. The van der Waals surface area contributed by atoms with Crippen molar-refractivity contribution in [3.8, 4) is 5.88 Å². The summed E-state index contributed by atoms with van der Waals surface area (Å²) in [5.74, 6) is -0.700. The molecule has 1 N–H and O–H groups in total. The molecule has 0 aliphatic heterocycles. The predicted octanol–water partition coefficient (Wildman–Crippen LogP) is 2.52. The van der Waals surface area contributed by atoms with Gasteiger partial charge in [0.1, 0.15) is 0 Å². The van der Waals surface area contributed by atoms with Gasteiger partial charge in [0.25, 0.3) is 0 Å². The summed E-state index contributed by atoms with van der Waals surface area (Å²) in [5.41, 5.74) is -0.0692. The molecule has 0 aliphatic rings. The fourth-order valence-electron chi connectivity index (χ4n) is 1.39. The number of hydrogen-bond donors (Lipinski definition) is 1. The maximum Gasteiger partial charge on any atom is 0.356 e. The second-order valence-electron chi connectivity index (χ2n) is 3.82. The molecule has 1 aromatic rings. The minimum Gasteiger partial charge on any atom is -0.477 e. The van der Waals surface area contributed by atoms with E-state index in [9.17, 15) is 4.79 Å². The van der Waals surface area contributed by atoms with Crippen LogP contribution >= 0.6 is 0 Å². The minimum atomic E-state index is -1.08. The lowest BCUT2D eigenvalue weighted by Crippen LogP contribution is -2.04. The maximum absolute atomic E-state index is 10.5. The number of aromatic carboxylic acids is 1. The van der Waals surface area contributed by atoms with Crippen LogP contribution in [-0.2, 0) is 0 Å². The first-order chi connectivity index (χ1) is 8.24. The van der Waals surface area contributed by atoms with Crippen LogP contribution in [0.3, 0.4) is 0 Å². The number of hydrogen-bond acceptors (Lipinski definition) is 4. The van der Waals surface area contributed by atoms with Gasteiger partial charge in [-0.1, -0.05) is 32.6 Å². The van der Waals surface area contributed by atoms with E-state index in [0.29, 0.717) is 12.5 Å². The summed E-state index contributed by atoms with van der Waals surface area (Å²) in [4.78, 5) is 10.5. The summed E-state index contributed by atoms with van der Waals surface area (Å²) in [6.07, 6.45) is 5.84. The van der Waals surface area contributed by atoms with Crippen LogP contribution in [0, 0.1) is 0 Å². The Morgan fingerprint density at radius 1 is 1.24 bits per heavy atom. The zero-order chi connectivity index (χ0) is 12.5. The van der Waals surface area contributed by atoms with Gasteiger partial charge in [-0.25, -0.2) is 4.79 Å². The Hall–Kier alpha value is -1.65. The molecule has 0 spiro atoms. The first kappa shape index (κ1) is 13.4. The molecule has 0 fully saturated rings. The highest BCUT2D eigenvalue weighted by Crippen LogP contribution is 2.07. The van der Waals surface area contributed by atoms with Crippen molar-refractivity contribution in [3.63, 3.8) is 0 Å². The van der Waals surface area contributed by atoms with Gasteiger partial charge in [-0.05, 0) is 12.5 Å². The molecule has 0 amide bonds. The lowest BCUT2D eigenvalue weighted by atomic mass is 10.2. The third-order valence-corrected chi connectivity index (χ3v) is 2.36. The molecule has 0 atom stereocenters. The standard InChI is InChI=1S/C12H18N2O3/c1-2-3-4-5-6-9-17-11-8-7-10(12(15)16)13-14-11/h7-8H,2-6,9H2,1H3,(H,15,16). The highest BCUT2D eigenvalue weighted by Gasteiger charge is 2.05. The van der Waals surface area contributed by atoms with Crippen LogP contribution in [0.25, 0.3) is 0 Å². The quantitative estimate of drug-likeness (QED) is 0.704.